The molecule has 0 bridgehead atoms. The molecule has 0 saturated heterocycles. The number of nitrogens with two attached hydrogens (primary N) is 1. The van der Waals surface area contributed by atoms with Gasteiger partial charge in [-0.2, -0.15) is 0 Å². The number of fused-ring (bicyclic) bond motifs is 6. The normalized spacial score (nSPS) is 71.2. The molecule has 0 aromatic carbocycles. The second-order valence-corrected chi connectivity index (χ2v) is 5.54. The summed E-state index contributed by atoms with van der Waals surface area (Å²) in [6, 6.07) is 0.621. The van der Waals surface area contributed by atoms with Crippen LogP contribution in [-0.2, 0) is 0 Å². The van der Waals surface area contributed by atoms with E-state index in [4.69, 9.17) is 5.73 Å². The van der Waals surface area contributed by atoms with Crippen LogP contribution in [0.25, 0.3) is 0 Å². The van der Waals surface area contributed by atoms with Gasteiger partial charge in [0, 0.05) is 6.04 Å². The fraction of sp³-hybridized carbons (Fsp3) is 1.00. The van der Waals surface area contributed by atoms with E-state index < -0.39 is 0 Å². The molecular weight excluding hydrogens is 146 g/mol. The summed E-state index contributed by atoms with van der Waals surface area (Å²) in [5.74, 6) is 6.39. The van der Waals surface area contributed by atoms with E-state index in [9.17, 15) is 0 Å². The molecule has 0 radical (unpaired) electrons. The molecule has 66 valence electrons. The maximum atomic E-state index is 6.29. The highest BCUT2D eigenvalue weighted by molar-refractivity contribution is 5.17. The molecule has 4 saturated carbocycles. The second kappa shape index (κ2) is 1.75. The smallest absolute Gasteiger partial charge is 0.0104 e. The van der Waals surface area contributed by atoms with E-state index in [1.54, 1.807) is 6.42 Å². The highest BCUT2D eigenvalue weighted by Gasteiger charge is 2.67. The predicted octanol–water partition coefficient (Wildman–Crippen LogP) is 1.63. The minimum absolute atomic E-state index is 0.621. The van der Waals surface area contributed by atoms with Gasteiger partial charge in [0.25, 0.3) is 0 Å². The Morgan fingerprint density at radius 1 is 0.667 bits per heavy atom. The monoisotopic (exact) mass is 163 g/mol. The van der Waals surface area contributed by atoms with Crippen LogP contribution in [0.2, 0.25) is 0 Å². The average molecular weight is 163 g/mol. The van der Waals surface area contributed by atoms with E-state index in [1.807, 2.05) is 0 Å². The summed E-state index contributed by atoms with van der Waals surface area (Å²) in [5, 5.41) is 0. The van der Waals surface area contributed by atoms with Crippen molar-refractivity contribution in [2.45, 2.75) is 31.7 Å². The molecule has 4 fully saturated rings. The first kappa shape index (κ1) is 6.42. The van der Waals surface area contributed by atoms with Crippen molar-refractivity contribution >= 4 is 0 Å². The van der Waals surface area contributed by atoms with Gasteiger partial charge in [-0.1, -0.05) is 0 Å². The highest BCUT2D eigenvalue weighted by atomic mass is 14.8. The van der Waals surface area contributed by atoms with E-state index >= 15 is 0 Å². The molecule has 4 aliphatic carbocycles. The van der Waals surface area contributed by atoms with Crippen molar-refractivity contribution in [2.24, 2.45) is 41.2 Å². The van der Waals surface area contributed by atoms with Crippen molar-refractivity contribution in [3.63, 3.8) is 0 Å². The van der Waals surface area contributed by atoms with Crippen LogP contribution >= 0.6 is 0 Å². The van der Waals surface area contributed by atoms with Crippen molar-refractivity contribution in [3.8, 4) is 0 Å². The Hall–Kier alpha value is -0.0400. The van der Waals surface area contributed by atoms with Crippen LogP contribution in [0.4, 0.5) is 0 Å². The Morgan fingerprint density at radius 2 is 1.17 bits per heavy atom. The first-order valence-corrected chi connectivity index (χ1v) is 5.63. The maximum Gasteiger partial charge on any atom is 0.0104 e. The van der Waals surface area contributed by atoms with Crippen molar-refractivity contribution in [3.05, 3.63) is 0 Å². The lowest BCUT2D eigenvalue weighted by molar-refractivity contribution is -0.109. The maximum absolute atomic E-state index is 6.29. The molecule has 0 aromatic rings. The highest BCUT2D eigenvalue weighted by Crippen LogP contribution is 2.71. The predicted molar refractivity (Wildman–Crippen MR) is 47.4 cm³/mol. The first-order chi connectivity index (χ1) is 5.88. The lowest BCUT2D eigenvalue weighted by atomic mass is 9.46. The third kappa shape index (κ3) is 0.454. The molecule has 12 heavy (non-hydrogen) atoms. The van der Waals surface area contributed by atoms with Crippen LogP contribution in [0, 0.1) is 35.5 Å². The lowest BCUT2D eigenvalue weighted by Gasteiger charge is -2.59. The Bertz CT molecular complexity index is 219. The molecule has 0 aromatic heterocycles. The molecule has 1 nitrogen and oxygen atoms in total. The van der Waals surface area contributed by atoms with Gasteiger partial charge in [0.05, 0.1) is 0 Å². The van der Waals surface area contributed by atoms with Gasteiger partial charge >= 0.3 is 0 Å². The van der Waals surface area contributed by atoms with E-state index in [1.165, 1.54) is 19.3 Å². The zero-order valence-electron chi connectivity index (χ0n) is 7.45. The zero-order chi connectivity index (χ0) is 7.87. The molecule has 0 heterocycles. The van der Waals surface area contributed by atoms with Crippen LogP contribution in [0.15, 0.2) is 0 Å². The van der Waals surface area contributed by atoms with Gasteiger partial charge in [0.1, 0.15) is 0 Å². The Labute approximate surface area is 73.7 Å². The standard InChI is InChI=1S/C11H17N/c12-11-8-4-3-7(8)9-5-1-2-6(5)10(9)11/h5-11H,1-4,12H2. The number of hydrogen-bond donors (Lipinski definition) is 1. The van der Waals surface area contributed by atoms with Crippen LogP contribution < -0.4 is 5.73 Å². The van der Waals surface area contributed by atoms with E-state index in [2.05, 4.69) is 0 Å². The Kier molecular flexibility index (Phi) is 0.934. The van der Waals surface area contributed by atoms with Crippen molar-refractivity contribution in [1.82, 2.24) is 0 Å². The van der Waals surface area contributed by atoms with Gasteiger partial charge in [-0.05, 0) is 61.2 Å². The minimum atomic E-state index is 0.621. The third-order valence-corrected chi connectivity index (χ3v) is 5.63. The van der Waals surface area contributed by atoms with Crippen LogP contribution in [-0.4, -0.2) is 6.04 Å². The summed E-state index contributed by atoms with van der Waals surface area (Å²) in [6.45, 7) is 0. The molecule has 1 heteroatoms. The quantitative estimate of drug-likeness (QED) is 0.577. The summed E-state index contributed by atoms with van der Waals surface area (Å²) in [7, 11) is 0. The van der Waals surface area contributed by atoms with E-state index in [0.29, 0.717) is 6.04 Å². The van der Waals surface area contributed by atoms with Gasteiger partial charge in [-0.3, -0.25) is 0 Å². The molecule has 0 spiro atoms. The minimum Gasteiger partial charge on any atom is -0.327 e. The van der Waals surface area contributed by atoms with Gasteiger partial charge in [0.2, 0.25) is 0 Å². The molecule has 2 N–H and O–H groups in total. The van der Waals surface area contributed by atoms with Gasteiger partial charge < -0.3 is 5.73 Å². The average Bonchev–Trinajstić information content (AvgIpc) is 2.06. The first-order valence-electron chi connectivity index (χ1n) is 5.63. The zero-order valence-corrected chi connectivity index (χ0v) is 7.45. The summed E-state index contributed by atoms with van der Waals surface area (Å²) in [6.07, 6.45) is 6.03. The van der Waals surface area contributed by atoms with Gasteiger partial charge in [-0.25, -0.2) is 0 Å². The van der Waals surface area contributed by atoms with E-state index in [0.717, 1.165) is 35.5 Å². The summed E-state index contributed by atoms with van der Waals surface area (Å²) < 4.78 is 0. The molecule has 0 amide bonds. The van der Waals surface area contributed by atoms with Crippen LogP contribution in [0.5, 0.6) is 0 Å². The molecule has 7 unspecified atom stereocenters. The largest absolute Gasteiger partial charge is 0.327 e. The molecule has 7 atom stereocenters. The van der Waals surface area contributed by atoms with Gasteiger partial charge in [0.15, 0.2) is 0 Å². The fourth-order valence-corrected chi connectivity index (χ4v) is 4.87. The molecule has 4 rings (SSSR count). The van der Waals surface area contributed by atoms with Crippen molar-refractivity contribution in [2.75, 3.05) is 0 Å². The molecule has 0 aliphatic heterocycles. The Balaban J connectivity index is 1.71. The third-order valence-electron chi connectivity index (χ3n) is 5.63. The number of rotatable bonds is 0. The van der Waals surface area contributed by atoms with Crippen molar-refractivity contribution in [1.29, 1.82) is 0 Å². The molecular formula is C11H17N. The summed E-state index contributed by atoms with van der Waals surface area (Å²) in [5.41, 5.74) is 6.29. The Morgan fingerprint density at radius 3 is 1.75 bits per heavy atom. The SMILES string of the molecule is NC1C2CCC2C2C3CCC3C12. The van der Waals surface area contributed by atoms with Crippen LogP contribution in [0.1, 0.15) is 25.7 Å². The van der Waals surface area contributed by atoms with Crippen LogP contribution in [0.3, 0.4) is 0 Å². The van der Waals surface area contributed by atoms with Crippen molar-refractivity contribution < 1.29 is 0 Å². The molecule has 4 aliphatic rings. The van der Waals surface area contributed by atoms with Gasteiger partial charge in [-0.15, -0.1) is 0 Å². The summed E-state index contributed by atoms with van der Waals surface area (Å²) >= 11 is 0. The fourth-order valence-electron chi connectivity index (χ4n) is 4.87. The van der Waals surface area contributed by atoms with E-state index in [-0.39, 0.29) is 0 Å². The topological polar surface area (TPSA) is 26.0 Å². The number of hydrogen-bond acceptors (Lipinski definition) is 1. The second-order valence-electron chi connectivity index (χ2n) is 5.54. The lowest BCUT2D eigenvalue weighted by Crippen LogP contribution is -2.56. The summed E-state index contributed by atoms with van der Waals surface area (Å²) in [4.78, 5) is 0.